The number of amides is 1. The molecule has 0 spiro atoms. The maximum absolute atomic E-state index is 13.4. The molecule has 3 rings (SSSR count). The summed E-state index contributed by atoms with van der Waals surface area (Å²) in [7, 11) is 0. The Hall–Kier alpha value is -3.08. The fourth-order valence-electron chi connectivity index (χ4n) is 2.50. The summed E-state index contributed by atoms with van der Waals surface area (Å²) in [5, 5.41) is 2.90. The van der Waals surface area contributed by atoms with Crippen molar-refractivity contribution in [3.8, 4) is 11.1 Å². The zero-order chi connectivity index (χ0) is 17.8. The molecule has 3 aromatic rings. The highest BCUT2D eigenvalue weighted by Crippen LogP contribution is 2.22. The van der Waals surface area contributed by atoms with Crippen LogP contribution in [0.4, 0.5) is 8.78 Å². The normalized spacial score (nSPS) is 11.8. The van der Waals surface area contributed by atoms with Crippen molar-refractivity contribution in [3.05, 3.63) is 89.8 Å². The number of nitrogens with zero attached hydrogens (tertiary/aromatic N) is 1. The Morgan fingerprint density at radius 3 is 2.44 bits per heavy atom. The molecule has 3 nitrogen and oxygen atoms in total. The van der Waals surface area contributed by atoms with Gasteiger partial charge in [-0.05, 0) is 36.2 Å². The SMILES string of the molecule is CC(NC(=O)c1cncc(-c2ccc(F)c(F)c2)c1)c1ccccc1. The summed E-state index contributed by atoms with van der Waals surface area (Å²) in [6.45, 7) is 1.89. The molecule has 0 fully saturated rings. The molecule has 25 heavy (non-hydrogen) atoms. The van der Waals surface area contributed by atoms with Crippen LogP contribution < -0.4 is 5.32 Å². The quantitative estimate of drug-likeness (QED) is 0.760. The summed E-state index contributed by atoms with van der Waals surface area (Å²) in [4.78, 5) is 16.5. The van der Waals surface area contributed by atoms with E-state index in [0.717, 1.165) is 17.7 Å². The molecule has 0 saturated carbocycles. The highest BCUT2D eigenvalue weighted by molar-refractivity contribution is 5.95. The Bertz CT molecular complexity index is 897. The van der Waals surface area contributed by atoms with Crippen LogP contribution in [0.2, 0.25) is 0 Å². The number of hydrogen-bond acceptors (Lipinski definition) is 2. The first-order valence-electron chi connectivity index (χ1n) is 7.81. The molecule has 0 aliphatic carbocycles. The molecule has 0 bridgehead atoms. The second-order valence-corrected chi connectivity index (χ2v) is 5.70. The van der Waals surface area contributed by atoms with Crippen LogP contribution in [0.1, 0.15) is 28.9 Å². The molecule has 0 aliphatic heterocycles. The molecular weight excluding hydrogens is 322 g/mol. The number of carbonyl (C=O) groups is 1. The lowest BCUT2D eigenvalue weighted by atomic mass is 10.0. The Morgan fingerprint density at radius 1 is 0.960 bits per heavy atom. The minimum absolute atomic E-state index is 0.166. The first-order chi connectivity index (χ1) is 12.0. The van der Waals surface area contributed by atoms with Gasteiger partial charge in [0.25, 0.3) is 5.91 Å². The smallest absolute Gasteiger partial charge is 0.253 e. The van der Waals surface area contributed by atoms with Gasteiger partial charge in [-0.25, -0.2) is 8.78 Å². The lowest BCUT2D eigenvalue weighted by molar-refractivity contribution is 0.0939. The molecule has 0 radical (unpaired) electrons. The van der Waals surface area contributed by atoms with Crippen LogP contribution in [0.15, 0.2) is 67.0 Å². The standard InChI is InChI=1S/C20H16F2N2O/c1-13(14-5-3-2-4-6-14)24-20(25)17-9-16(11-23-12-17)15-7-8-18(21)19(22)10-15/h2-13H,1H3,(H,24,25). The second kappa shape index (κ2) is 7.21. The molecular formula is C20H16F2N2O. The first kappa shape index (κ1) is 16.8. The van der Waals surface area contributed by atoms with Crippen molar-refractivity contribution in [2.75, 3.05) is 0 Å². The lowest BCUT2D eigenvalue weighted by Crippen LogP contribution is -2.26. The Kier molecular flexibility index (Phi) is 4.84. The van der Waals surface area contributed by atoms with E-state index in [-0.39, 0.29) is 11.9 Å². The molecule has 1 atom stereocenters. The van der Waals surface area contributed by atoms with Gasteiger partial charge in [0.15, 0.2) is 11.6 Å². The van der Waals surface area contributed by atoms with E-state index in [2.05, 4.69) is 10.3 Å². The van der Waals surface area contributed by atoms with Crippen molar-refractivity contribution in [1.82, 2.24) is 10.3 Å². The van der Waals surface area contributed by atoms with E-state index in [1.54, 1.807) is 6.07 Å². The predicted molar refractivity (Wildman–Crippen MR) is 91.9 cm³/mol. The van der Waals surface area contributed by atoms with Crippen molar-refractivity contribution in [2.24, 2.45) is 0 Å². The van der Waals surface area contributed by atoms with Crippen molar-refractivity contribution in [1.29, 1.82) is 0 Å². The van der Waals surface area contributed by atoms with Crippen LogP contribution in [-0.2, 0) is 0 Å². The Balaban J connectivity index is 1.81. The van der Waals surface area contributed by atoms with Crippen molar-refractivity contribution >= 4 is 5.91 Å². The topological polar surface area (TPSA) is 42.0 Å². The zero-order valence-corrected chi connectivity index (χ0v) is 13.5. The third-order valence-electron chi connectivity index (χ3n) is 3.90. The number of carbonyl (C=O) groups excluding carboxylic acids is 1. The summed E-state index contributed by atoms with van der Waals surface area (Å²) in [5.41, 5.74) is 2.33. The largest absolute Gasteiger partial charge is 0.345 e. The summed E-state index contributed by atoms with van der Waals surface area (Å²) >= 11 is 0. The van der Waals surface area contributed by atoms with Crippen LogP contribution in [-0.4, -0.2) is 10.9 Å². The number of benzene rings is 2. The van der Waals surface area contributed by atoms with Gasteiger partial charge < -0.3 is 5.32 Å². The fraction of sp³-hybridized carbons (Fsp3) is 0.100. The average Bonchev–Trinajstić information content (AvgIpc) is 2.64. The van der Waals surface area contributed by atoms with Crippen LogP contribution in [0.5, 0.6) is 0 Å². The molecule has 1 N–H and O–H groups in total. The molecule has 0 saturated heterocycles. The van der Waals surface area contributed by atoms with Gasteiger partial charge in [-0.3, -0.25) is 9.78 Å². The van der Waals surface area contributed by atoms with Gasteiger partial charge in [0.05, 0.1) is 11.6 Å². The number of hydrogen-bond donors (Lipinski definition) is 1. The molecule has 2 aromatic carbocycles. The van der Waals surface area contributed by atoms with Crippen molar-refractivity contribution in [2.45, 2.75) is 13.0 Å². The van der Waals surface area contributed by atoms with E-state index in [9.17, 15) is 13.6 Å². The lowest BCUT2D eigenvalue weighted by Gasteiger charge is -2.14. The molecule has 0 aliphatic rings. The highest BCUT2D eigenvalue weighted by Gasteiger charge is 2.13. The van der Waals surface area contributed by atoms with E-state index >= 15 is 0 Å². The number of nitrogens with one attached hydrogen (secondary N) is 1. The Labute approximate surface area is 144 Å². The summed E-state index contributed by atoms with van der Waals surface area (Å²) < 4.78 is 26.5. The van der Waals surface area contributed by atoms with E-state index in [0.29, 0.717) is 16.7 Å². The fourth-order valence-corrected chi connectivity index (χ4v) is 2.50. The van der Waals surface area contributed by atoms with Gasteiger partial charge in [0.1, 0.15) is 0 Å². The van der Waals surface area contributed by atoms with Gasteiger partial charge >= 0.3 is 0 Å². The van der Waals surface area contributed by atoms with E-state index in [4.69, 9.17) is 0 Å². The number of rotatable bonds is 4. The van der Waals surface area contributed by atoms with Crippen molar-refractivity contribution in [3.63, 3.8) is 0 Å². The van der Waals surface area contributed by atoms with Crippen LogP contribution in [0.3, 0.4) is 0 Å². The van der Waals surface area contributed by atoms with Crippen LogP contribution in [0, 0.1) is 11.6 Å². The molecule has 126 valence electrons. The van der Waals surface area contributed by atoms with Gasteiger partial charge in [0.2, 0.25) is 0 Å². The minimum atomic E-state index is -0.940. The molecule has 1 aromatic heterocycles. The maximum Gasteiger partial charge on any atom is 0.253 e. The number of aromatic nitrogens is 1. The zero-order valence-electron chi connectivity index (χ0n) is 13.5. The average molecular weight is 338 g/mol. The van der Waals surface area contributed by atoms with Gasteiger partial charge in [-0.1, -0.05) is 36.4 Å². The first-order valence-corrected chi connectivity index (χ1v) is 7.81. The molecule has 5 heteroatoms. The summed E-state index contributed by atoms with van der Waals surface area (Å²) in [6.07, 6.45) is 2.94. The van der Waals surface area contributed by atoms with E-state index < -0.39 is 11.6 Å². The predicted octanol–water partition coefficient (Wildman–Crippen LogP) is 4.52. The van der Waals surface area contributed by atoms with Crippen LogP contribution in [0.25, 0.3) is 11.1 Å². The van der Waals surface area contributed by atoms with Crippen molar-refractivity contribution < 1.29 is 13.6 Å². The van der Waals surface area contributed by atoms with Gasteiger partial charge in [-0.15, -0.1) is 0 Å². The van der Waals surface area contributed by atoms with E-state index in [1.807, 2.05) is 37.3 Å². The number of pyridine rings is 1. The molecule has 1 unspecified atom stereocenters. The third-order valence-corrected chi connectivity index (χ3v) is 3.90. The number of halogens is 2. The third kappa shape index (κ3) is 3.88. The second-order valence-electron chi connectivity index (χ2n) is 5.70. The van der Waals surface area contributed by atoms with Gasteiger partial charge in [0, 0.05) is 18.0 Å². The van der Waals surface area contributed by atoms with Crippen LogP contribution >= 0.6 is 0 Å². The maximum atomic E-state index is 13.4. The van der Waals surface area contributed by atoms with Gasteiger partial charge in [-0.2, -0.15) is 0 Å². The molecule has 1 heterocycles. The highest BCUT2D eigenvalue weighted by atomic mass is 19.2. The Morgan fingerprint density at radius 2 is 1.72 bits per heavy atom. The minimum Gasteiger partial charge on any atom is -0.345 e. The molecule has 1 amide bonds. The summed E-state index contributed by atoms with van der Waals surface area (Å²) in [6, 6.07) is 14.6. The van der Waals surface area contributed by atoms with E-state index in [1.165, 1.54) is 18.5 Å². The summed E-state index contributed by atoms with van der Waals surface area (Å²) in [5.74, 6) is -2.14. The monoisotopic (exact) mass is 338 g/mol.